The van der Waals surface area contributed by atoms with E-state index in [1.807, 2.05) is 7.05 Å². The van der Waals surface area contributed by atoms with Crippen molar-refractivity contribution in [1.29, 1.82) is 0 Å². The van der Waals surface area contributed by atoms with Crippen LogP contribution < -0.4 is 0 Å². The minimum absolute atomic E-state index is 0.0774. The van der Waals surface area contributed by atoms with Gasteiger partial charge in [-0.2, -0.15) is 5.10 Å². The highest BCUT2D eigenvalue weighted by Gasteiger charge is 2.44. The molecule has 1 fully saturated rings. The molecule has 0 aliphatic heterocycles. The van der Waals surface area contributed by atoms with Crippen molar-refractivity contribution in [3.8, 4) is 0 Å². The molecule has 0 atom stereocenters. The average molecular weight is 250 g/mol. The third kappa shape index (κ3) is 2.34. The van der Waals surface area contributed by atoms with Gasteiger partial charge in [-0.3, -0.25) is 9.48 Å². The molecule has 0 radical (unpaired) electrons. The van der Waals surface area contributed by atoms with Gasteiger partial charge >= 0.3 is 0 Å². The van der Waals surface area contributed by atoms with E-state index in [4.69, 9.17) is 4.74 Å². The van der Waals surface area contributed by atoms with Crippen molar-refractivity contribution in [2.75, 3.05) is 7.11 Å². The van der Waals surface area contributed by atoms with Crippen LogP contribution in [0.3, 0.4) is 0 Å². The Morgan fingerprint density at radius 1 is 1.33 bits per heavy atom. The summed E-state index contributed by atoms with van der Waals surface area (Å²) < 4.78 is 7.27. The van der Waals surface area contributed by atoms with Crippen molar-refractivity contribution in [2.24, 2.45) is 12.5 Å². The molecule has 0 spiro atoms. The number of methoxy groups -OCH3 is 1. The highest BCUT2D eigenvalue weighted by atomic mass is 16.5. The summed E-state index contributed by atoms with van der Waals surface area (Å²) in [5, 5.41) is 4.07. The highest BCUT2D eigenvalue weighted by Crippen LogP contribution is 2.43. The Bertz CT molecular complexity index is 438. The summed E-state index contributed by atoms with van der Waals surface area (Å²) >= 11 is 0. The van der Waals surface area contributed by atoms with Crippen LogP contribution >= 0.6 is 0 Å². The molecule has 18 heavy (non-hydrogen) atoms. The predicted octanol–water partition coefficient (Wildman–Crippen LogP) is 2.59. The van der Waals surface area contributed by atoms with E-state index in [0.717, 1.165) is 25.7 Å². The second-order valence-electron chi connectivity index (χ2n) is 6.09. The number of rotatable bonds is 3. The number of hydrogen-bond acceptors (Lipinski definition) is 3. The van der Waals surface area contributed by atoms with Gasteiger partial charge in [0.1, 0.15) is 5.60 Å². The zero-order chi connectivity index (χ0) is 13.4. The number of carbonyl (C=O) groups is 1. The van der Waals surface area contributed by atoms with Crippen molar-refractivity contribution in [2.45, 2.75) is 45.1 Å². The van der Waals surface area contributed by atoms with Crippen molar-refractivity contribution < 1.29 is 9.53 Å². The number of ketones is 1. The summed E-state index contributed by atoms with van der Waals surface area (Å²) in [6.07, 6.45) is 7.03. The Labute approximate surface area is 108 Å². The van der Waals surface area contributed by atoms with Gasteiger partial charge in [-0.1, -0.05) is 13.8 Å². The maximum absolute atomic E-state index is 12.6. The van der Waals surface area contributed by atoms with Crippen molar-refractivity contribution in [3.05, 3.63) is 18.0 Å². The molecule has 0 saturated heterocycles. The van der Waals surface area contributed by atoms with Crippen LogP contribution in [0, 0.1) is 5.41 Å². The maximum atomic E-state index is 12.6. The van der Waals surface area contributed by atoms with E-state index in [1.165, 1.54) is 0 Å². The molecule has 4 nitrogen and oxygen atoms in total. The Kier molecular flexibility index (Phi) is 3.32. The smallest absolute Gasteiger partial charge is 0.197 e. The number of aromatic nitrogens is 2. The first-order valence-electron chi connectivity index (χ1n) is 6.47. The monoisotopic (exact) mass is 250 g/mol. The van der Waals surface area contributed by atoms with Crippen molar-refractivity contribution >= 4 is 5.78 Å². The number of aryl methyl sites for hydroxylation is 1. The van der Waals surface area contributed by atoms with Gasteiger partial charge < -0.3 is 4.74 Å². The van der Waals surface area contributed by atoms with E-state index < -0.39 is 5.60 Å². The van der Waals surface area contributed by atoms with Gasteiger partial charge in [0.2, 0.25) is 0 Å². The van der Waals surface area contributed by atoms with Crippen LogP contribution in [0.5, 0.6) is 0 Å². The number of Topliss-reactive ketones (excluding diaryl/α,β-unsaturated/α-hetero) is 1. The molecule has 1 aromatic rings. The van der Waals surface area contributed by atoms with Gasteiger partial charge in [0, 0.05) is 20.4 Å². The average Bonchev–Trinajstić information content (AvgIpc) is 2.76. The second-order valence-corrected chi connectivity index (χ2v) is 6.09. The normalized spacial score (nSPS) is 21.8. The molecule has 1 aliphatic carbocycles. The van der Waals surface area contributed by atoms with Crippen molar-refractivity contribution in [3.63, 3.8) is 0 Å². The number of carbonyl (C=O) groups excluding carboxylic acids is 1. The minimum atomic E-state index is -0.640. The summed E-state index contributed by atoms with van der Waals surface area (Å²) in [7, 11) is 3.47. The summed E-state index contributed by atoms with van der Waals surface area (Å²) in [6, 6.07) is 0. The molecule has 2 rings (SSSR count). The fourth-order valence-electron chi connectivity index (χ4n) is 2.66. The van der Waals surface area contributed by atoms with Gasteiger partial charge in [-0.25, -0.2) is 0 Å². The van der Waals surface area contributed by atoms with E-state index in [-0.39, 0.29) is 5.78 Å². The zero-order valence-corrected chi connectivity index (χ0v) is 11.7. The van der Waals surface area contributed by atoms with Gasteiger partial charge in [0.05, 0.1) is 11.8 Å². The molecule has 0 bridgehead atoms. The Balaban J connectivity index is 2.21. The first-order chi connectivity index (χ1) is 8.38. The summed E-state index contributed by atoms with van der Waals surface area (Å²) in [4.78, 5) is 12.6. The first kappa shape index (κ1) is 13.3. The largest absolute Gasteiger partial charge is 0.370 e. The van der Waals surface area contributed by atoms with Crippen LogP contribution in [0.25, 0.3) is 0 Å². The first-order valence-corrected chi connectivity index (χ1v) is 6.47. The van der Waals surface area contributed by atoms with Crippen LogP contribution in [0.1, 0.15) is 49.9 Å². The lowest BCUT2D eigenvalue weighted by Gasteiger charge is -2.41. The number of nitrogens with zero attached hydrogens (tertiary/aromatic N) is 2. The topological polar surface area (TPSA) is 44.1 Å². The second kappa shape index (κ2) is 4.50. The van der Waals surface area contributed by atoms with Crippen LogP contribution in [0.2, 0.25) is 0 Å². The maximum Gasteiger partial charge on any atom is 0.197 e. The molecule has 100 valence electrons. The number of ether oxygens (including phenoxy) is 1. The van der Waals surface area contributed by atoms with E-state index >= 15 is 0 Å². The highest BCUT2D eigenvalue weighted by molar-refractivity contribution is 6.02. The van der Waals surface area contributed by atoms with Gasteiger partial charge in [0.15, 0.2) is 5.78 Å². The van der Waals surface area contributed by atoms with Gasteiger partial charge in [-0.05, 0) is 31.1 Å². The molecular formula is C14H22N2O2. The fraction of sp³-hybridized carbons (Fsp3) is 0.714. The molecule has 1 saturated carbocycles. The molecule has 1 heterocycles. The lowest BCUT2D eigenvalue weighted by atomic mass is 9.69. The lowest BCUT2D eigenvalue weighted by molar-refractivity contribution is -0.0383. The molecule has 1 aromatic heterocycles. The van der Waals surface area contributed by atoms with Crippen molar-refractivity contribution in [1.82, 2.24) is 9.78 Å². The molecule has 1 aliphatic rings. The van der Waals surface area contributed by atoms with Crippen LogP contribution in [0.4, 0.5) is 0 Å². The standard InChI is InChI=1S/C14H22N2O2/c1-13(2)5-7-14(18-4,8-6-13)12(17)11-9-15-16(3)10-11/h9-10H,5-8H2,1-4H3. The lowest BCUT2D eigenvalue weighted by Crippen LogP contribution is -2.45. The molecular weight excluding hydrogens is 228 g/mol. The van der Waals surface area contributed by atoms with Gasteiger partial charge in [-0.15, -0.1) is 0 Å². The van der Waals surface area contributed by atoms with Crippen LogP contribution in [-0.2, 0) is 11.8 Å². The summed E-state index contributed by atoms with van der Waals surface area (Å²) in [5.74, 6) is 0.0774. The molecule has 0 aromatic carbocycles. The summed E-state index contributed by atoms with van der Waals surface area (Å²) in [6.45, 7) is 4.50. The minimum Gasteiger partial charge on any atom is -0.370 e. The SMILES string of the molecule is COC1(C(=O)c2cnn(C)c2)CCC(C)(C)CC1. The zero-order valence-electron chi connectivity index (χ0n) is 11.7. The number of hydrogen-bond donors (Lipinski definition) is 0. The Hall–Kier alpha value is -1.16. The van der Waals surface area contributed by atoms with Gasteiger partial charge in [0.25, 0.3) is 0 Å². The van der Waals surface area contributed by atoms with E-state index in [2.05, 4.69) is 18.9 Å². The molecule has 0 amide bonds. The molecule has 0 unspecified atom stereocenters. The Morgan fingerprint density at radius 3 is 2.39 bits per heavy atom. The Morgan fingerprint density at radius 2 is 1.94 bits per heavy atom. The molecule has 0 N–H and O–H groups in total. The molecule has 4 heteroatoms. The third-order valence-corrected chi connectivity index (χ3v) is 4.18. The van der Waals surface area contributed by atoms with E-state index in [9.17, 15) is 4.79 Å². The quantitative estimate of drug-likeness (QED) is 0.774. The van der Waals surface area contributed by atoms with E-state index in [1.54, 1.807) is 24.2 Å². The summed E-state index contributed by atoms with van der Waals surface area (Å²) in [5.41, 5.74) is 0.328. The third-order valence-electron chi connectivity index (χ3n) is 4.18. The van der Waals surface area contributed by atoms with Crippen LogP contribution in [-0.4, -0.2) is 28.3 Å². The van der Waals surface area contributed by atoms with Crippen LogP contribution in [0.15, 0.2) is 12.4 Å². The van der Waals surface area contributed by atoms with E-state index in [0.29, 0.717) is 11.0 Å². The predicted molar refractivity (Wildman–Crippen MR) is 69.5 cm³/mol. The fourth-order valence-corrected chi connectivity index (χ4v) is 2.66.